The lowest BCUT2D eigenvalue weighted by Gasteiger charge is -2.26. The van der Waals surface area contributed by atoms with Gasteiger partial charge in [0.25, 0.3) is 0 Å². The van der Waals surface area contributed by atoms with Crippen LogP contribution in [0.2, 0.25) is 0 Å². The molecule has 2 nitrogen and oxygen atoms in total. The second kappa shape index (κ2) is 8.38. The van der Waals surface area contributed by atoms with Gasteiger partial charge in [-0.25, -0.2) is 4.39 Å². The number of thioether (sulfide) groups is 1. The largest absolute Gasteiger partial charge is 0.384 e. The van der Waals surface area contributed by atoms with Crippen LogP contribution in [0.5, 0.6) is 0 Å². The number of nitrogens with zero attached hydrogens (tertiary/aromatic N) is 1. The smallest absolute Gasteiger partial charge is 0.125 e. The molecule has 0 fully saturated rings. The highest BCUT2D eigenvalue weighted by Gasteiger charge is 2.11. The first kappa shape index (κ1) is 15.3. The van der Waals surface area contributed by atoms with E-state index in [0.717, 1.165) is 31.0 Å². The molecule has 1 rings (SSSR count). The monoisotopic (exact) mass is 270 g/mol. The van der Waals surface area contributed by atoms with Crippen LogP contribution >= 0.6 is 11.8 Å². The van der Waals surface area contributed by atoms with Gasteiger partial charge < -0.3 is 10.2 Å². The van der Waals surface area contributed by atoms with Gasteiger partial charge in [0.15, 0.2) is 0 Å². The predicted molar refractivity (Wildman–Crippen MR) is 80.0 cm³/mol. The molecule has 0 aliphatic carbocycles. The number of benzene rings is 1. The maximum atomic E-state index is 13.0. The van der Waals surface area contributed by atoms with Gasteiger partial charge in [-0.05, 0) is 37.9 Å². The van der Waals surface area contributed by atoms with Gasteiger partial charge in [-0.15, -0.1) is 0 Å². The number of nitrogens with one attached hydrogen (secondary N) is 1. The Kier molecular flexibility index (Phi) is 7.13. The van der Waals surface area contributed by atoms with Gasteiger partial charge in [0.2, 0.25) is 0 Å². The zero-order valence-electron chi connectivity index (χ0n) is 11.4. The van der Waals surface area contributed by atoms with Crippen LogP contribution in [0.1, 0.15) is 13.3 Å². The maximum absolute atomic E-state index is 13.0. The maximum Gasteiger partial charge on any atom is 0.125 e. The van der Waals surface area contributed by atoms with Crippen molar-refractivity contribution in [2.24, 2.45) is 0 Å². The number of likely N-dealkylation sites (N-methyl/N-ethyl adjacent to an activating group) is 1. The number of hydrogen-bond acceptors (Lipinski definition) is 3. The van der Waals surface area contributed by atoms with E-state index < -0.39 is 0 Å². The van der Waals surface area contributed by atoms with Gasteiger partial charge in [0.05, 0.1) is 0 Å². The molecule has 0 radical (unpaired) electrons. The second-order valence-electron chi connectivity index (χ2n) is 4.44. The second-order valence-corrected chi connectivity index (χ2v) is 5.35. The Morgan fingerprint density at radius 2 is 2.22 bits per heavy atom. The van der Waals surface area contributed by atoms with Crippen molar-refractivity contribution >= 4 is 17.4 Å². The summed E-state index contributed by atoms with van der Waals surface area (Å²) in [6, 6.07) is 7.23. The minimum Gasteiger partial charge on any atom is -0.384 e. The van der Waals surface area contributed by atoms with E-state index in [2.05, 4.69) is 30.4 Å². The topological polar surface area (TPSA) is 15.3 Å². The first-order chi connectivity index (χ1) is 8.67. The molecule has 0 aromatic heterocycles. The van der Waals surface area contributed by atoms with Crippen molar-refractivity contribution in [2.75, 3.05) is 37.5 Å². The van der Waals surface area contributed by atoms with Crippen LogP contribution < -0.4 is 5.32 Å². The van der Waals surface area contributed by atoms with Crippen LogP contribution in [-0.2, 0) is 0 Å². The highest BCUT2D eigenvalue weighted by Crippen LogP contribution is 2.10. The Balaban J connectivity index is 2.32. The molecule has 0 amide bonds. The molecule has 0 saturated carbocycles. The molecule has 1 unspecified atom stereocenters. The Morgan fingerprint density at radius 3 is 2.83 bits per heavy atom. The summed E-state index contributed by atoms with van der Waals surface area (Å²) < 4.78 is 13.0. The van der Waals surface area contributed by atoms with E-state index in [9.17, 15) is 4.39 Å². The fourth-order valence-corrected chi connectivity index (χ4v) is 2.78. The van der Waals surface area contributed by atoms with Gasteiger partial charge in [-0.3, -0.25) is 0 Å². The molecular weight excluding hydrogens is 247 g/mol. The third kappa shape index (κ3) is 5.27. The molecule has 0 aliphatic heterocycles. The minimum atomic E-state index is -0.192. The zero-order chi connectivity index (χ0) is 13.4. The van der Waals surface area contributed by atoms with E-state index in [1.165, 1.54) is 12.1 Å². The van der Waals surface area contributed by atoms with Crippen molar-refractivity contribution in [2.45, 2.75) is 19.4 Å². The van der Waals surface area contributed by atoms with Crippen LogP contribution in [0.4, 0.5) is 10.1 Å². The number of rotatable bonds is 8. The van der Waals surface area contributed by atoms with Crippen molar-refractivity contribution in [1.29, 1.82) is 0 Å². The van der Waals surface area contributed by atoms with E-state index in [1.807, 2.05) is 17.8 Å². The summed E-state index contributed by atoms with van der Waals surface area (Å²) in [4.78, 5) is 2.36. The van der Waals surface area contributed by atoms with Gasteiger partial charge in [0.1, 0.15) is 5.82 Å². The molecule has 0 heterocycles. The summed E-state index contributed by atoms with van der Waals surface area (Å²) in [7, 11) is 2.15. The van der Waals surface area contributed by atoms with Crippen LogP contribution in [0.25, 0.3) is 0 Å². The van der Waals surface area contributed by atoms with E-state index in [4.69, 9.17) is 0 Å². The Bertz CT molecular complexity index is 346. The quantitative estimate of drug-likeness (QED) is 0.780. The van der Waals surface area contributed by atoms with Crippen LogP contribution in [-0.4, -0.2) is 43.1 Å². The van der Waals surface area contributed by atoms with Crippen LogP contribution in [0, 0.1) is 5.82 Å². The van der Waals surface area contributed by atoms with Gasteiger partial charge in [0, 0.05) is 30.6 Å². The third-order valence-corrected chi connectivity index (χ3v) is 3.79. The lowest BCUT2D eigenvalue weighted by Crippen LogP contribution is -2.36. The summed E-state index contributed by atoms with van der Waals surface area (Å²) in [5.41, 5.74) is 0.848. The van der Waals surface area contributed by atoms with Crippen LogP contribution in [0.3, 0.4) is 0 Å². The molecule has 0 aliphatic rings. The summed E-state index contributed by atoms with van der Waals surface area (Å²) in [5, 5.41) is 3.25. The third-order valence-electron chi connectivity index (χ3n) is 3.07. The fraction of sp³-hybridized carbons (Fsp3) is 0.571. The van der Waals surface area contributed by atoms with Crippen LogP contribution in [0.15, 0.2) is 24.3 Å². The molecule has 0 spiro atoms. The highest BCUT2D eigenvalue weighted by atomic mass is 32.2. The summed E-state index contributed by atoms with van der Waals surface area (Å²) >= 11 is 1.88. The van der Waals surface area contributed by atoms with E-state index in [0.29, 0.717) is 6.04 Å². The normalized spacial score (nSPS) is 12.7. The Labute approximate surface area is 114 Å². The number of anilines is 1. The zero-order valence-corrected chi connectivity index (χ0v) is 12.3. The number of hydrogen-bond donors (Lipinski definition) is 1. The summed E-state index contributed by atoms with van der Waals surface area (Å²) in [6.07, 6.45) is 3.30. The molecular formula is C14H23FN2S. The molecule has 1 aromatic carbocycles. The van der Waals surface area contributed by atoms with E-state index in [-0.39, 0.29) is 5.82 Å². The Morgan fingerprint density at radius 1 is 1.44 bits per heavy atom. The van der Waals surface area contributed by atoms with E-state index in [1.54, 1.807) is 6.07 Å². The fourth-order valence-electron chi connectivity index (χ4n) is 1.91. The van der Waals surface area contributed by atoms with Gasteiger partial charge in [-0.1, -0.05) is 13.0 Å². The molecule has 4 heteroatoms. The molecule has 1 atom stereocenters. The lowest BCUT2D eigenvalue weighted by molar-refractivity contribution is 0.265. The Hall–Kier alpha value is -0.740. The first-order valence-corrected chi connectivity index (χ1v) is 7.75. The average Bonchev–Trinajstić information content (AvgIpc) is 2.36. The van der Waals surface area contributed by atoms with Crippen molar-refractivity contribution in [3.05, 3.63) is 30.1 Å². The van der Waals surface area contributed by atoms with Crippen molar-refractivity contribution in [1.82, 2.24) is 4.90 Å². The molecule has 1 aromatic rings. The van der Waals surface area contributed by atoms with Crippen molar-refractivity contribution in [3.8, 4) is 0 Å². The molecule has 18 heavy (non-hydrogen) atoms. The highest BCUT2D eigenvalue weighted by molar-refractivity contribution is 7.98. The molecule has 0 saturated heterocycles. The van der Waals surface area contributed by atoms with Crippen molar-refractivity contribution < 1.29 is 4.39 Å². The molecule has 1 N–H and O–H groups in total. The lowest BCUT2D eigenvalue weighted by atomic mass is 10.2. The predicted octanol–water partition coefficient (Wildman–Crippen LogP) is 3.31. The van der Waals surface area contributed by atoms with E-state index >= 15 is 0 Å². The van der Waals surface area contributed by atoms with Gasteiger partial charge in [-0.2, -0.15) is 11.8 Å². The molecule has 0 bridgehead atoms. The van der Waals surface area contributed by atoms with Gasteiger partial charge >= 0.3 is 0 Å². The minimum absolute atomic E-state index is 0.192. The first-order valence-electron chi connectivity index (χ1n) is 6.36. The summed E-state index contributed by atoms with van der Waals surface area (Å²) in [6.45, 7) is 4.03. The molecule has 102 valence electrons. The standard InChI is InChI=1S/C14H23FN2S/c1-4-14(11-18-3)17(2)9-8-16-13-7-5-6-12(15)10-13/h5-7,10,14,16H,4,8-9,11H2,1-3H3. The SMILES string of the molecule is CCC(CSC)N(C)CCNc1cccc(F)c1. The summed E-state index contributed by atoms with van der Waals surface area (Å²) in [5.74, 6) is 0.967. The number of halogens is 1. The average molecular weight is 270 g/mol. The van der Waals surface area contributed by atoms with Crippen molar-refractivity contribution in [3.63, 3.8) is 0 Å².